The van der Waals surface area contributed by atoms with Crippen molar-refractivity contribution in [1.82, 2.24) is 14.8 Å². The number of carbonyl (C=O) groups is 1. The number of hydrogen-bond donors (Lipinski definition) is 0. The van der Waals surface area contributed by atoms with Crippen LogP contribution in [-0.4, -0.2) is 32.9 Å². The van der Waals surface area contributed by atoms with E-state index >= 15 is 0 Å². The summed E-state index contributed by atoms with van der Waals surface area (Å²) in [6, 6.07) is 16.3. The molecule has 0 aliphatic carbocycles. The molecule has 0 bridgehead atoms. The van der Waals surface area contributed by atoms with Gasteiger partial charge >= 0.3 is 5.97 Å². The number of aromatic nitrogens is 3. The molecule has 0 unspecified atom stereocenters. The monoisotopic (exact) mass is 589 g/mol. The maximum Gasteiger partial charge on any atom is 0.311 e. The van der Waals surface area contributed by atoms with Gasteiger partial charge in [0.2, 0.25) is 0 Å². The van der Waals surface area contributed by atoms with Gasteiger partial charge in [-0.05, 0) is 102 Å². The number of hydrogen-bond acceptors (Lipinski definition) is 6. The van der Waals surface area contributed by atoms with Gasteiger partial charge in [0.1, 0.15) is 17.7 Å². The number of benzene rings is 3. The number of esters is 1. The summed E-state index contributed by atoms with van der Waals surface area (Å²) in [6.07, 6.45) is 1.38. The minimum atomic E-state index is -0.619. The first-order chi connectivity index (χ1) is 19.2. The lowest BCUT2D eigenvalue weighted by molar-refractivity contribution is -0.162. The fourth-order valence-electron chi connectivity index (χ4n) is 4.92. The normalized spacial score (nSPS) is 13.2. The van der Waals surface area contributed by atoms with Crippen LogP contribution in [0.15, 0.2) is 54.7 Å². The molecule has 0 radical (unpaired) electrons. The Labute approximate surface area is 250 Å². The van der Waals surface area contributed by atoms with Crippen molar-refractivity contribution in [2.75, 3.05) is 6.61 Å². The second kappa shape index (κ2) is 10.9. The average Bonchev–Trinajstić information content (AvgIpc) is 3.48. The Kier molecular flexibility index (Phi) is 7.74. The zero-order valence-corrected chi connectivity index (χ0v) is 26.4. The van der Waals surface area contributed by atoms with Crippen LogP contribution in [0, 0.1) is 12.3 Å². The Balaban J connectivity index is 1.71. The zero-order chi connectivity index (χ0) is 29.7. The Morgan fingerprint density at radius 1 is 1.02 bits per heavy atom. The topological polar surface area (TPSA) is 66.2 Å². The van der Waals surface area contributed by atoms with Crippen LogP contribution in [0.25, 0.3) is 42.8 Å². The van der Waals surface area contributed by atoms with Gasteiger partial charge < -0.3 is 9.47 Å². The second-order valence-corrected chi connectivity index (χ2v) is 13.9. The van der Waals surface area contributed by atoms with Crippen molar-refractivity contribution >= 4 is 50.0 Å². The number of aryl methyl sites for hydroxylation is 2. The summed E-state index contributed by atoms with van der Waals surface area (Å²) in [6.45, 7) is 13.8. The highest BCUT2D eigenvalue weighted by Gasteiger charge is 2.31. The van der Waals surface area contributed by atoms with Gasteiger partial charge in [0.25, 0.3) is 0 Å². The molecule has 5 rings (SSSR count). The number of fused-ring (bicyclic) bond motifs is 2. The van der Waals surface area contributed by atoms with Crippen molar-refractivity contribution in [3.63, 3.8) is 0 Å². The number of carbonyl (C=O) groups excluding carboxylic acids is 1. The molecule has 0 saturated heterocycles. The van der Waals surface area contributed by atoms with E-state index in [1.807, 2.05) is 83.7 Å². The van der Waals surface area contributed by atoms with Crippen LogP contribution in [-0.2, 0) is 21.3 Å². The Hall–Kier alpha value is -3.26. The molecule has 0 fully saturated rings. The molecule has 6 nitrogen and oxygen atoms in total. The Bertz CT molecular complexity index is 1740. The molecule has 41 heavy (non-hydrogen) atoms. The van der Waals surface area contributed by atoms with Gasteiger partial charge in [-0.1, -0.05) is 23.7 Å². The van der Waals surface area contributed by atoms with Gasteiger partial charge in [-0.25, -0.2) is 4.98 Å². The molecule has 214 valence electrons. The van der Waals surface area contributed by atoms with Crippen LogP contribution in [0.4, 0.5) is 0 Å². The fourth-order valence-corrected chi connectivity index (χ4v) is 6.17. The van der Waals surface area contributed by atoms with E-state index in [9.17, 15) is 4.79 Å². The summed E-state index contributed by atoms with van der Waals surface area (Å²) >= 11 is 7.94. The fraction of sp³-hybridized carbons (Fsp3) is 0.364. The van der Waals surface area contributed by atoms with E-state index in [0.717, 1.165) is 53.9 Å². The Morgan fingerprint density at radius 3 is 2.37 bits per heavy atom. The molecule has 2 aromatic heterocycles. The van der Waals surface area contributed by atoms with Crippen molar-refractivity contribution in [2.24, 2.45) is 12.5 Å². The summed E-state index contributed by atoms with van der Waals surface area (Å²) in [5, 5.41) is 7.04. The highest BCUT2D eigenvalue weighted by molar-refractivity contribution is 7.22. The van der Waals surface area contributed by atoms with Crippen molar-refractivity contribution in [3.05, 3.63) is 70.9 Å². The van der Waals surface area contributed by atoms with Crippen molar-refractivity contribution in [2.45, 2.75) is 60.2 Å². The van der Waals surface area contributed by atoms with Gasteiger partial charge in [-0.2, -0.15) is 5.10 Å². The maximum atomic E-state index is 12.8. The molecule has 0 spiro atoms. The van der Waals surface area contributed by atoms with E-state index < -0.39 is 17.1 Å². The Morgan fingerprint density at radius 2 is 1.71 bits per heavy atom. The molecule has 8 heteroatoms. The quantitative estimate of drug-likeness (QED) is 0.185. The minimum Gasteiger partial charge on any atom is -0.462 e. The van der Waals surface area contributed by atoms with E-state index in [-0.39, 0.29) is 12.6 Å². The minimum absolute atomic E-state index is 0.101. The molecule has 0 amide bonds. The number of nitrogens with zero attached hydrogens (tertiary/aromatic N) is 3. The molecule has 3 aromatic carbocycles. The predicted octanol–water partition coefficient (Wildman–Crippen LogP) is 8.92. The lowest BCUT2D eigenvalue weighted by atomic mass is 9.91. The highest BCUT2D eigenvalue weighted by atomic mass is 35.5. The third-order valence-corrected chi connectivity index (χ3v) is 8.24. The summed E-state index contributed by atoms with van der Waals surface area (Å²) in [7, 11) is 1.94. The average molecular weight is 590 g/mol. The van der Waals surface area contributed by atoms with E-state index in [1.165, 1.54) is 0 Å². The molecule has 1 atom stereocenters. The first-order valence-electron chi connectivity index (χ1n) is 13.7. The predicted molar refractivity (Wildman–Crippen MR) is 169 cm³/mol. The smallest absolute Gasteiger partial charge is 0.311 e. The van der Waals surface area contributed by atoms with Gasteiger partial charge in [0.05, 0.1) is 32.9 Å². The van der Waals surface area contributed by atoms with E-state index in [1.54, 1.807) is 11.3 Å². The lowest BCUT2D eigenvalue weighted by Crippen LogP contribution is -2.30. The lowest BCUT2D eigenvalue weighted by Gasteiger charge is -2.31. The van der Waals surface area contributed by atoms with Gasteiger partial charge in [0.15, 0.2) is 0 Å². The molecule has 5 aromatic rings. The van der Waals surface area contributed by atoms with Crippen molar-refractivity contribution < 1.29 is 14.3 Å². The third kappa shape index (κ3) is 6.17. The standard InChI is InChI=1S/C33H36ClN3O3S/c1-19-15-24-29(41-30(36-24)21-11-14-25-22(16-21)17-35-37(25)8)28(20-9-12-23(34)13-10-20)27(19)26(40-33(5,6)7)18-39-31(38)32(2,3)4/h9-17,26H,18H2,1-8H3/t26-/m0/s1. The molecular weight excluding hydrogens is 554 g/mol. The molecule has 0 aliphatic rings. The van der Waals surface area contributed by atoms with Crippen molar-refractivity contribution in [1.29, 1.82) is 0 Å². The first-order valence-corrected chi connectivity index (χ1v) is 14.9. The van der Waals surface area contributed by atoms with Gasteiger partial charge in [-0.3, -0.25) is 9.48 Å². The van der Waals surface area contributed by atoms with E-state index in [4.69, 9.17) is 26.1 Å². The van der Waals surface area contributed by atoms with Crippen molar-refractivity contribution in [3.8, 4) is 21.7 Å². The van der Waals surface area contributed by atoms with Crippen LogP contribution in [0.2, 0.25) is 5.02 Å². The first kappa shape index (κ1) is 29.2. The number of thiazole rings is 1. The third-order valence-electron chi connectivity index (χ3n) is 6.85. The molecular formula is C33H36ClN3O3S. The molecule has 0 N–H and O–H groups in total. The summed E-state index contributed by atoms with van der Waals surface area (Å²) in [5.41, 5.74) is 5.93. The zero-order valence-electron chi connectivity index (χ0n) is 24.8. The van der Waals surface area contributed by atoms with E-state index in [0.29, 0.717) is 5.02 Å². The second-order valence-electron chi connectivity index (χ2n) is 12.5. The molecule has 0 saturated carbocycles. The molecule has 2 heterocycles. The van der Waals surface area contributed by atoms with Crippen LogP contribution in [0.1, 0.15) is 58.8 Å². The summed E-state index contributed by atoms with van der Waals surface area (Å²) in [4.78, 5) is 17.9. The largest absolute Gasteiger partial charge is 0.462 e. The van der Waals surface area contributed by atoms with Crippen LogP contribution < -0.4 is 0 Å². The van der Waals surface area contributed by atoms with E-state index in [2.05, 4.69) is 36.3 Å². The summed E-state index contributed by atoms with van der Waals surface area (Å²) < 4.78 is 15.4. The molecule has 0 aliphatic heterocycles. The van der Waals surface area contributed by atoms with Crippen LogP contribution in [0.3, 0.4) is 0 Å². The van der Waals surface area contributed by atoms with Crippen LogP contribution in [0.5, 0.6) is 0 Å². The summed E-state index contributed by atoms with van der Waals surface area (Å²) in [5.74, 6) is -0.266. The SMILES string of the molecule is Cc1cc2nc(-c3ccc4c(cnn4C)c3)sc2c(-c2ccc(Cl)cc2)c1[C@H](COC(=O)C(C)(C)C)OC(C)(C)C. The number of halogens is 1. The van der Waals surface area contributed by atoms with Gasteiger partial charge in [0, 0.05) is 28.6 Å². The van der Waals surface area contributed by atoms with Gasteiger partial charge in [-0.15, -0.1) is 11.3 Å². The maximum absolute atomic E-state index is 12.8. The van der Waals surface area contributed by atoms with Crippen LogP contribution >= 0.6 is 22.9 Å². The number of ether oxygens (including phenoxy) is 2. The number of rotatable bonds is 6. The highest BCUT2D eigenvalue weighted by Crippen LogP contribution is 2.44.